The Labute approximate surface area is 187 Å². The molecule has 1 amide bonds. The number of amidine groups is 1. The molecule has 2 aromatic rings. The molecule has 144 valence electrons. The summed E-state index contributed by atoms with van der Waals surface area (Å²) in [5.41, 5.74) is 1.27. The highest BCUT2D eigenvalue weighted by Gasteiger charge is 2.32. The van der Waals surface area contributed by atoms with Crippen LogP contribution in [-0.4, -0.2) is 38.7 Å². The number of rotatable bonds is 4. The molecule has 1 aliphatic heterocycles. The summed E-state index contributed by atoms with van der Waals surface area (Å²) in [6.07, 6.45) is 1.65. The normalized spacial score (nSPS) is 17.0. The second-order valence-electron chi connectivity index (χ2n) is 5.73. The molecule has 1 saturated heterocycles. The van der Waals surface area contributed by atoms with E-state index in [1.54, 1.807) is 35.2 Å². The maximum atomic E-state index is 12.7. The molecule has 1 aliphatic rings. The number of hydrogen-bond donors (Lipinski definition) is 2. The van der Waals surface area contributed by atoms with Crippen LogP contribution >= 0.6 is 50.3 Å². The molecule has 3 rings (SSSR count). The van der Waals surface area contributed by atoms with Crippen LogP contribution in [0.5, 0.6) is 5.75 Å². The van der Waals surface area contributed by atoms with Crippen LogP contribution in [0, 0.1) is 3.57 Å². The minimum Gasteiger partial charge on any atom is -0.506 e. The summed E-state index contributed by atoms with van der Waals surface area (Å²) in [7, 11) is 0. The minimum absolute atomic E-state index is 0.113. The van der Waals surface area contributed by atoms with E-state index in [-0.39, 0.29) is 17.2 Å². The van der Waals surface area contributed by atoms with Gasteiger partial charge < -0.3 is 10.2 Å². The molecule has 28 heavy (non-hydrogen) atoms. The maximum Gasteiger partial charge on any atom is 0.335 e. The van der Waals surface area contributed by atoms with E-state index in [1.807, 2.05) is 29.5 Å². The zero-order valence-corrected chi connectivity index (χ0v) is 19.1. The van der Waals surface area contributed by atoms with Crippen molar-refractivity contribution in [3.63, 3.8) is 0 Å². The summed E-state index contributed by atoms with van der Waals surface area (Å²) in [5.74, 6) is -1.08. The highest BCUT2D eigenvalue weighted by Crippen LogP contribution is 2.37. The van der Waals surface area contributed by atoms with Gasteiger partial charge in [-0.25, -0.2) is 9.79 Å². The van der Waals surface area contributed by atoms with Gasteiger partial charge >= 0.3 is 5.97 Å². The Balaban J connectivity index is 1.95. The van der Waals surface area contributed by atoms with Crippen molar-refractivity contribution in [3.8, 4) is 5.75 Å². The zero-order chi connectivity index (χ0) is 20.4. The number of aromatic hydroxyl groups is 1. The van der Waals surface area contributed by atoms with Crippen LogP contribution in [0.3, 0.4) is 0 Å². The maximum absolute atomic E-state index is 12.7. The average molecular weight is 573 g/mol. The smallest absolute Gasteiger partial charge is 0.335 e. The number of hydrogen-bond acceptors (Lipinski definition) is 5. The van der Waals surface area contributed by atoms with Crippen molar-refractivity contribution in [2.45, 2.75) is 6.92 Å². The number of carbonyl (C=O) groups excluding carboxylic acids is 1. The first-order valence-corrected chi connectivity index (χ1v) is 10.8. The summed E-state index contributed by atoms with van der Waals surface area (Å²) < 4.78 is 1.48. The number of carboxylic acids is 1. The van der Waals surface area contributed by atoms with Gasteiger partial charge in [-0.1, -0.05) is 15.9 Å². The Kier molecular flexibility index (Phi) is 6.46. The third-order valence-corrected chi connectivity index (χ3v) is 6.17. The number of amides is 1. The third-order valence-electron chi connectivity index (χ3n) is 3.89. The quantitative estimate of drug-likeness (QED) is 0.394. The van der Waals surface area contributed by atoms with Crippen LogP contribution in [0.4, 0.5) is 5.69 Å². The van der Waals surface area contributed by atoms with Crippen molar-refractivity contribution in [2.24, 2.45) is 4.99 Å². The zero-order valence-electron chi connectivity index (χ0n) is 14.5. The predicted octanol–water partition coefficient (Wildman–Crippen LogP) is 5.08. The lowest BCUT2D eigenvalue weighted by Gasteiger charge is -2.12. The lowest BCUT2D eigenvalue weighted by molar-refractivity contribution is -0.122. The fourth-order valence-corrected chi connectivity index (χ4v) is 5.10. The van der Waals surface area contributed by atoms with Gasteiger partial charge in [-0.2, -0.15) is 0 Å². The summed E-state index contributed by atoms with van der Waals surface area (Å²) in [4.78, 5) is 30.2. The standard InChI is InChI=1S/C19H14BrIN2O4S/c1-2-23-17(25)15(8-11-7-12(20)9-14(21)16(11)24)28-19(23)22-13-5-3-10(4-6-13)18(26)27/h3-9,24H,2H2,1H3,(H,26,27)/b15-8-,22-19?. The second kappa shape index (κ2) is 8.66. The fourth-order valence-electron chi connectivity index (χ4n) is 2.50. The van der Waals surface area contributed by atoms with Crippen LogP contribution in [0.15, 0.2) is 50.8 Å². The van der Waals surface area contributed by atoms with Gasteiger partial charge in [0.1, 0.15) is 5.75 Å². The molecule has 0 radical (unpaired) electrons. The molecule has 0 atom stereocenters. The molecule has 2 N–H and O–H groups in total. The van der Waals surface area contributed by atoms with Gasteiger partial charge in [0.25, 0.3) is 5.91 Å². The first-order chi connectivity index (χ1) is 13.3. The number of aliphatic imine (C=N–C) groups is 1. The number of thioether (sulfide) groups is 1. The molecule has 9 heteroatoms. The number of halogens is 2. The Bertz CT molecular complexity index is 1020. The van der Waals surface area contributed by atoms with E-state index < -0.39 is 5.97 Å². The monoisotopic (exact) mass is 572 g/mol. The summed E-state index contributed by atoms with van der Waals surface area (Å²) in [6.45, 7) is 2.29. The highest BCUT2D eigenvalue weighted by molar-refractivity contribution is 14.1. The van der Waals surface area contributed by atoms with Gasteiger partial charge in [0.15, 0.2) is 5.17 Å². The lowest BCUT2D eigenvalue weighted by atomic mass is 10.2. The molecule has 6 nitrogen and oxygen atoms in total. The largest absolute Gasteiger partial charge is 0.506 e. The van der Waals surface area contributed by atoms with Gasteiger partial charge in [0.05, 0.1) is 19.7 Å². The van der Waals surface area contributed by atoms with Gasteiger partial charge in [-0.3, -0.25) is 9.69 Å². The molecule has 0 unspecified atom stereocenters. The SMILES string of the molecule is CCN1C(=O)/C(=C/c2cc(Br)cc(I)c2O)SC1=Nc1ccc(C(=O)O)cc1. The third kappa shape index (κ3) is 4.41. The fraction of sp³-hybridized carbons (Fsp3) is 0.105. The second-order valence-corrected chi connectivity index (χ2v) is 8.82. The number of benzene rings is 2. The first-order valence-electron chi connectivity index (χ1n) is 8.11. The Morgan fingerprint density at radius 1 is 1.32 bits per heavy atom. The molecule has 0 bridgehead atoms. The summed E-state index contributed by atoms with van der Waals surface area (Å²) in [6, 6.07) is 9.66. The van der Waals surface area contributed by atoms with Crippen molar-refractivity contribution >= 4 is 79.1 Å². The van der Waals surface area contributed by atoms with Gasteiger partial charge in [-0.15, -0.1) is 0 Å². The van der Waals surface area contributed by atoms with E-state index in [1.165, 1.54) is 23.9 Å². The Morgan fingerprint density at radius 2 is 2.00 bits per heavy atom. The van der Waals surface area contributed by atoms with Crippen molar-refractivity contribution in [1.82, 2.24) is 4.90 Å². The average Bonchev–Trinajstić information content (AvgIpc) is 2.94. The topological polar surface area (TPSA) is 90.2 Å². The van der Waals surface area contributed by atoms with Crippen molar-refractivity contribution in [2.75, 3.05) is 6.54 Å². The molecule has 0 aromatic heterocycles. The van der Waals surface area contributed by atoms with Gasteiger partial charge in [-0.05, 0) is 83.8 Å². The number of carbonyl (C=O) groups is 2. The molecular weight excluding hydrogens is 559 g/mol. The highest BCUT2D eigenvalue weighted by atomic mass is 127. The van der Waals surface area contributed by atoms with Crippen LogP contribution in [-0.2, 0) is 4.79 Å². The van der Waals surface area contributed by atoms with E-state index in [9.17, 15) is 14.7 Å². The molecular formula is C19H14BrIN2O4S. The van der Waals surface area contributed by atoms with E-state index in [0.717, 1.165) is 4.47 Å². The number of aromatic carboxylic acids is 1. The van der Waals surface area contributed by atoms with E-state index >= 15 is 0 Å². The Morgan fingerprint density at radius 3 is 2.61 bits per heavy atom. The predicted molar refractivity (Wildman–Crippen MR) is 122 cm³/mol. The number of phenols is 1. The van der Waals surface area contributed by atoms with Crippen LogP contribution in [0.1, 0.15) is 22.8 Å². The first kappa shape index (κ1) is 20.9. The molecule has 1 fully saturated rings. The number of likely N-dealkylation sites (N-methyl/N-ethyl adjacent to an activating group) is 1. The van der Waals surface area contributed by atoms with E-state index in [2.05, 4.69) is 20.9 Å². The minimum atomic E-state index is -1.01. The van der Waals surface area contributed by atoms with E-state index in [0.29, 0.717) is 31.4 Å². The van der Waals surface area contributed by atoms with Crippen molar-refractivity contribution < 1.29 is 19.8 Å². The number of carboxylic acid groups (broad SMARTS) is 1. The van der Waals surface area contributed by atoms with Crippen molar-refractivity contribution in [1.29, 1.82) is 0 Å². The molecule has 2 aromatic carbocycles. The van der Waals surface area contributed by atoms with Crippen LogP contribution < -0.4 is 0 Å². The van der Waals surface area contributed by atoms with Gasteiger partial charge in [0, 0.05) is 16.6 Å². The van der Waals surface area contributed by atoms with Crippen molar-refractivity contribution in [3.05, 3.63) is 60.5 Å². The van der Waals surface area contributed by atoms with Crippen LogP contribution in [0.2, 0.25) is 0 Å². The van der Waals surface area contributed by atoms with Gasteiger partial charge in [0.2, 0.25) is 0 Å². The molecule has 0 saturated carbocycles. The lowest BCUT2D eigenvalue weighted by Crippen LogP contribution is -2.28. The van der Waals surface area contributed by atoms with Crippen LogP contribution in [0.25, 0.3) is 6.08 Å². The molecule has 0 aliphatic carbocycles. The molecule has 1 heterocycles. The molecule has 0 spiro atoms. The summed E-state index contributed by atoms with van der Waals surface area (Å²) in [5, 5.41) is 19.8. The summed E-state index contributed by atoms with van der Waals surface area (Å²) >= 11 is 6.64. The number of phenolic OH excluding ortho intramolecular Hbond substituents is 1. The number of nitrogens with zero attached hydrogens (tertiary/aromatic N) is 2. The van der Waals surface area contributed by atoms with E-state index in [4.69, 9.17) is 5.11 Å². The Hall–Kier alpha value is -1.85.